The number of aliphatic carboxylic acids is 1. The van der Waals surface area contributed by atoms with Gasteiger partial charge < -0.3 is 19.3 Å². The van der Waals surface area contributed by atoms with Gasteiger partial charge in [-0.05, 0) is 42.3 Å². The quantitative estimate of drug-likeness (QED) is 0.389. The molecule has 0 spiro atoms. The van der Waals surface area contributed by atoms with Crippen LogP contribution >= 0.6 is 0 Å². The molecule has 2 aromatic carbocycles. The zero-order valence-electron chi connectivity index (χ0n) is 16.6. The van der Waals surface area contributed by atoms with Crippen molar-refractivity contribution in [2.24, 2.45) is 0 Å². The van der Waals surface area contributed by atoms with E-state index in [1.165, 1.54) is 12.2 Å². The van der Waals surface area contributed by atoms with E-state index in [1.54, 1.807) is 37.5 Å². The van der Waals surface area contributed by atoms with Gasteiger partial charge in [0.1, 0.15) is 12.4 Å². The van der Waals surface area contributed by atoms with E-state index in [2.05, 4.69) is 0 Å². The fourth-order valence-corrected chi connectivity index (χ4v) is 2.00. The molecular weight excluding hydrogens is 372 g/mol. The van der Waals surface area contributed by atoms with Crippen molar-refractivity contribution >= 4 is 24.1 Å². The molecule has 2 aromatic rings. The summed E-state index contributed by atoms with van der Waals surface area (Å²) in [5.74, 6) is -0.535. The summed E-state index contributed by atoms with van der Waals surface area (Å²) in [6.45, 7) is 3.28. The normalized spacial score (nSPS) is 10.4. The van der Waals surface area contributed by atoms with Crippen molar-refractivity contribution in [3.63, 3.8) is 0 Å². The lowest BCUT2D eigenvalue weighted by molar-refractivity contribution is -0.139. The summed E-state index contributed by atoms with van der Waals surface area (Å²) in [6, 6.07) is 16.7. The van der Waals surface area contributed by atoms with Gasteiger partial charge in [0.25, 0.3) is 0 Å². The lowest BCUT2D eigenvalue weighted by Crippen LogP contribution is -2.08. The van der Waals surface area contributed by atoms with Gasteiger partial charge in [-0.3, -0.25) is 0 Å². The zero-order chi connectivity index (χ0) is 21.3. The molecule has 0 aliphatic rings. The molecule has 0 bridgehead atoms. The topological polar surface area (TPSA) is 82.1 Å². The van der Waals surface area contributed by atoms with Gasteiger partial charge in [-0.15, -0.1) is 0 Å². The third kappa shape index (κ3) is 11.8. The van der Waals surface area contributed by atoms with E-state index in [9.17, 15) is 9.59 Å². The number of hydrogen-bond acceptors (Lipinski definition) is 5. The van der Waals surface area contributed by atoms with Crippen LogP contribution in [-0.4, -0.2) is 44.0 Å². The van der Waals surface area contributed by atoms with Crippen LogP contribution in [0.1, 0.15) is 18.1 Å². The average molecular weight is 398 g/mol. The molecule has 0 radical (unpaired) electrons. The number of rotatable bonds is 9. The summed E-state index contributed by atoms with van der Waals surface area (Å²) in [5, 5.41) is 8.36. The predicted molar refractivity (Wildman–Crippen MR) is 113 cm³/mol. The molecule has 0 atom stereocenters. The monoisotopic (exact) mass is 398 g/mol. The van der Waals surface area contributed by atoms with Gasteiger partial charge in [0.15, 0.2) is 0 Å². The Bertz CT molecular complexity index is 779. The van der Waals surface area contributed by atoms with Crippen LogP contribution in [0.4, 0.5) is 0 Å². The molecule has 0 aromatic heterocycles. The van der Waals surface area contributed by atoms with Crippen LogP contribution in [0, 0.1) is 0 Å². The third-order valence-electron chi connectivity index (χ3n) is 3.42. The summed E-state index contributed by atoms with van der Waals surface area (Å²) >= 11 is 0. The fourth-order valence-electron chi connectivity index (χ4n) is 2.00. The highest BCUT2D eigenvalue weighted by Gasteiger charge is 1.96. The Morgan fingerprint density at radius 1 is 0.897 bits per heavy atom. The van der Waals surface area contributed by atoms with Gasteiger partial charge in [-0.1, -0.05) is 42.5 Å². The second kappa shape index (κ2) is 14.6. The molecule has 1 N–H and O–H groups in total. The maximum atomic E-state index is 11.2. The molecule has 29 heavy (non-hydrogen) atoms. The standard InChI is InChI=1S/C13H16O3.C10H10O3/c1-2-15-10-11-16-13(14)9-8-12-6-4-3-5-7-12;1-13-9-5-2-8(3-6-9)4-7-10(11)12/h3-9H,2,10-11H2,1H3;2-7H,1H3,(H,11,12). The molecule has 0 aliphatic carbocycles. The number of carbonyl (C=O) groups is 2. The van der Waals surface area contributed by atoms with Gasteiger partial charge in [0.2, 0.25) is 0 Å². The molecule has 6 heteroatoms. The van der Waals surface area contributed by atoms with Crippen molar-refractivity contribution in [3.05, 3.63) is 77.9 Å². The van der Waals surface area contributed by atoms with Crippen molar-refractivity contribution < 1.29 is 28.9 Å². The first-order valence-corrected chi connectivity index (χ1v) is 9.07. The molecule has 0 heterocycles. The van der Waals surface area contributed by atoms with E-state index in [0.29, 0.717) is 19.8 Å². The zero-order valence-corrected chi connectivity index (χ0v) is 16.6. The summed E-state index contributed by atoms with van der Waals surface area (Å²) in [5.41, 5.74) is 1.81. The molecule has 0 unspecified atom stereocenters. The molecule has 0 amide bonds. The van der Waals surface area contributed by atoms with Gasteiger partial charge in [-0.2, -0.15) is 0 Å². The number of carbonyl (C=O) groups excluding carboxylic acids is 1. The molecule has 0 fully saturated rings. The van der Waals surface area contributed by atoms with Crippen LogP contribution in [0.15, 0.2) is 66.7 Å². The van der Waals surface area contributed by atoms with Crippen molar-refractivity contribution in [2.75, 3.05) is 26.9 Å². The van der Waals surface area contributed by atoms with Crippen LogP contribution in [0.5, 0.6) is 5.75 Å². The molecular formula is C23H26O6. The number of esters is 1. The summed E-state index contributed by atoms with van der Waals surface area (Å²) in [4.78, 5) is 21.4. The number of methoxy groups -OCH3 is 1. The number of carboxylic acids is 1. The van der Waals surface area contributed by atoms with E-state index in [1.807, 2.05) is 37.3 Å². The van der Waals surface area contributed by atoms with E-state index in [4.69, 9.17) is 19.3 Å². The van der Waals surface area contributed by atoms with Gasteiger partial charge in [0, 0.05) is 18.8 Å². The second-order valence-electron chi connectivity index (χ2n) is 5.55. The largest absolute Gasteiger partial charge is 0.497 e. The van der Waals surface area contributed by atoms with Gasteiger partial charge >= 0.3 is 11.9 Å². The van der Waals surface area contributed by atoms with E-state index >= 15 is 0 Å². The molecule has 0 saturated heterocycles. The Hall–Kier alpha value is -3.38. The maximum Gasteiger partial charge on any atom is 0.330 e. The first-order chi connectivity index (χ1) is 14.0. The highest BCUT2D eigenvalue weighted by atomic mass is 16.6. The van der Waals surface area contributed by atoms with Crippen molar-refractivity contribution in [2.45, 2.75) is 6.92 Å². The summed E-state index contributed by atoms with van der Waals surface area (Å²) < 4.78 is 14.9. The third-order valence-corrected chi connectivity index (χ3v) is 3.42. The van der Waals surface area contributed by atoms with Crippen molar-refractivity contribution in [1.82, 2.24) is 0 Å². The van der Waals surface area contributed by atoms with Crippen LogP contribution in [-0.2, 0) is 19.1 Å². The first kappa shape index (κ1) is 23.7. The lowest BCUT2D eigenvalue weighted by atomic mass is 10.2. The molecule has 0 aliphatic heterocycles. The molecule has 2 rings (SSSR count). The minimum absolute atomic E-state index is 0.297. The SMILES string of the molecule is CCOCCOC(=O)C=Cc1ccccc1.COc1ccc(C=CC(=O)O)cc1. The van der Waals surface area contributed by atoms with Crippen LogP contribution in [0.2, 0.25) is 0 Å². The number of benzene rings is 2. The smallest absolute Gasteiger partial charge is 0.330 e. The Morgan fingerprint density at radius 3 is 2.10 bits per heavy atom. The highest BCUT2D eigenvalue weighted by molar-refractivity contribution is 5.87. The van der Waals surface area contributed by atoms with E-state index < -0.39 is 5.97 Å². The minimum Gasteiger partial charge on any atom is -0.497 e. The van der Waals surface area contributed by atoms with Crippen molar-refractivity contribution in [1.29, 1.82) is 0 Å². The number of carboxylic acid groups (broad SMARTS) is 1. The number of ether oxygens (including phenoxy) is 3. The first-order valence-electron chi connectivity index (χ1n) is 9.07. The van der Waals surface area contributed by atoms with E-state index in [-0.39, 0.29) is 5.97 Å². The molecule has 154 valence electrons. The predicted octanol–water partition coefficient (Wildman–Crippen LogP) is 4.07. The van der Waals surface area contributed by atoms with Crippen LogP contribution in [0.25, 0.3) is 12.2 Å². The average Bonchev–Trinajstić information content (AvgIpc) is 2.75. The Morgan fingerprint density at radius 2 is 1.52 bits per heavy atom. The highest BCUT2D eigenvalue weighted by Crippen LogP contribution is 2.12. The maximum absolute atomic E-state index is 11.2. The second-order valence-corrected chi connectivity index (χ2v) is 5.55. The van der Waals surface area contributed by atoms with Gasteiger partial charge in [-0.25, -0.2) is 9.59 Å². The minimum atomic E-state index is -0.948. The van der Waals surface area contributed by atoms with Gasteiger partial charge in [0.05, 0.1) is 13.7 Å². The van der Waals surface area contributed by atoms with Crippen molar-refractivity contribution in [3.8, 4) is 5.75 Å². The van der Waals surface area contributed by atoms with Crippen LogP contribution < -0.4 is 4.74 Å². The lowest BCUT2D eigenvalue weighted by Gasteiger charge is -2.01. The van der Waals surface area contributed by atoms with E-state index in [0.717, 1.165) is 23.0 Å². The molecule has 6 nitrogen and oxygen atoms in total. The summed E-state index contributed by atoms with van der Waals surface area (Å²) in [6.07, 6.45) is 5.77. The number of hydrogen-bond donors (Lipinski definition) is 1. The molecule has 0 saturated carbocycles. The Labute approximate surface area is 171 Å². The summed E-state index contributed by atoms with van der Waals surface area (Å²) in [7, 11) is 1.59. The Kier molecular flexibility index (Phi) is 12.0. The Balaban J connectivity index is 0.000000296. The fraction of sp³-hybridized carbons (Fsp3) is 0.217. The van der Waals surface area contributed by atoms with Crippen LogP contribution in [0.3, 0.4) is 0 Å².